The van der Waals surface area contributed by atoms with Crippen LogP contribution in [0.15, 0.2) is 30.3 Å². The van der Waals surface area contributed by atoms with Crippen LogP contribution in [-0.4, -0.2) is 0 Å². The van der Waals surface area contributed by atoms with Gasteiger partial charge >= 0.3 is 0 Å². The van der Waals surface area contributed by atoms with Gasteiger partial charge in [-0.05, 0) is 30.2 Å². The van der Waals surface area contributed by atoms with Gasteiger partial charge in [0.05, 0.1) is 6.04 Å². The van der Waals surface area contributed by atoms with E-state index >= 15 is 0 Å². The van der Waals surface area contributed by atoms with Crippen molar-refractivity contribution >= 4 is 11.6 Å². The fourth-order valence-corrected chi connectivity index (χ4v) is 2.13. The van der Waals surface area contributed by atoms with Gasteiger partial charge in [0.25, 0.3) is 0 Å². The van der Waals surface area contributed by atoms with Gasteiger partial charge in [0.1, 0.15) is 5.82 Å². The molecule has 1 atom stereocenters. The maximum atomic E-state index is 13.7. The molecule has 1 unspecified atom stereocenters. The number of rotatable bonds is 4. The molecule has 0 radical (unpaired) electrons. The minimum atomic E-state index is -1.59. The molecular formula is C14H11ClF4N2. The van der Waals surface area contributed by atoms with E-state index in [0.29, 0.717) is 0 Å². The van der Waals surface area contributed by atoms with Gasteiger partial charge < -0.3 is 0 Å². The maximum absolute atomic E-state index is 13.7. The Balaban J connectivity index is 2.34. The molecule has 0 aliphatic carbocycles. The molecule has 0 aromatic heterocycles. The van der Waals surface area contributed by atoms with Crippen molar-refractivity contribution in [1.82, 2.24) is 5.43 Å². The Bertz CT molecular complexity index is 664. The quantitative estimate of drug-likeness (QED) is 0.391. The largest absolute Gasteiger partial charge is 0.271 e. The van der Waals surface area contributed by atoms with Crippen molar-refractivity contribution in [3.63, 3.8) is 0 Å². The van der Waals surface area contributed by atoms with E-state index in [0.717, 1.165) is 18.2 Å². The summed E-state index contributed by atoms with van der Waals surface area (Å²) in [6, 6.07) is 4.92. The van der Waals surface area contributed by atoms with E-state index in [2.05, 4.69) is 5.43 Å². The fraction of sp³-hybridized carbons (Fsp3) is 0.143. The first-order valence-corrected chi connectivity index (χ1v) is 6.35. The van der Waals surface area contributed by atoms with Gasteiger partial charge in [-0.25, -0.2) is 17.6 Å². The zero-order chi connectivity index (χ0) is 15.6. The van der Waals surface area contributed by atoms with Gasteiger partial charge in [0.15, 0.2) is 17.5 Å². The number of nitrogens with one attached hydrogen (secondary N) is 1. The molecule has 3 N–H and O–H groups in total. The van der Waals surface area contributed by atoms with Crippen LogP contribution in [0, 0.1) is 23.3 Å². The van der Waals surface area contributed by atoms with E-state index in [4.69, 9.17) is 17.4 Å². The van der Waals surface area contributed by atoms with E-state index in [1.807, 2.05) is 0 Å². The van der Waals surface area contributed by atoms with Crippen LogP contribution in [0.2, 0.25) is 5.02 Å². The van der Waals surface area contributed by atoms with Crippen molar-refractivity contribution in [1.29, 1.82) is 0 Å². The lowest BCUT2D eigenvalue weighted by molar-refractivity contribution is 0.423. The smallest absolute Gasteiger partial charge is 0.194 e. The van der Waals surface area contributed by atoms with Crippen LogP contribution in [0.25, 0.3) is 0 Å². The zero-order valence-electron chi connectivity index (χ0n) is 10.6. The number of benzene rings is 2. The number of hydrogen-bond donors (Lipinski definition) is 2. The van der Waals surface area contributed by atoms with Crippen molar-refractivity contribution in [3.8, 4) is 0 Å². The van der Waals surface area contributed by atoms with Crippen molar-refractivity contribution in [2.24, 2.45) is 5.84 Å². The molecule has 0 aliphatic heterocycles. The molecule has 7 heteroatoms. The van der Waals surface area contributed by atoms with Crippen LogP contribution < -0.4 is 11.3 Å². The van der Waals surface area contributed by atoms with Crippen LogP contribution in [0.4, 0.5) is 17.6 Å². The third kappa shape index (κ3) is 3.34. The average Bonchev–Trinajstić information content (AvgIpc) is 2.45. The molecule has 112 valence electrons. The molecule has 0 saturated carbocycles. The second kappa shape index (κ2) is 6.43. The summed E-state index contributed by atoms with van der Waals surface area (Å²) in [6.07, 6.45) is -0.0541. The predicted octanol–water partition coefficient (Wildman–Crippen LogP) is 3.64. The van der Waals surface area contributed by atoms with Crippen LogP contribution in [0.3, 0.4) is 0 Å². The summed E-state index contributed by atoms with van der Waals surface area (Å²) < 4.78 is 53.6. The molecule has 0 heterocycles. The third-order valence-electron chi connectivity index (χ3n) is 3.08. The molecule has 2 rings (SSSR count). The standard InChI is InChI=1S/C14H11ClF4N2/c15-8-2-1-7(11(17)6-8)5-12(21-20)9-3-4-10(16)14(19)13(9)18/h1-4,6,12,21H,5,20H2. The second-order valence-electron chi connectivity index (χ2n) is 4.42. The summed E-state index contributed by atoms with van der Waals surface area (Å²) in [6.45, 7) is 0. The summed E-state index contributed by atoms with van der Waals surface area (Å²) >= 11 is 5.64. The predicted molar refractivity (Wildman–Crippen MR) is 71.5 cm³/mol. The van der Waals surface area contributed by atoms with Gasteiger partial charge in [-0.3, -0.25) is 11.3 Å². The minimum absolute atomic E-state index is 0.0541. The first kappa shape index (κ1) is 15.8. The lowest BCUT2D eigenvalue weighted by atomic mass is 9.98. The molecule has 2 aromatic rings. The van der Waals surface area contributed by atoms with Crippen molar-refractivity contribution in [3.05, 3.63) is 69.8 Å². The molecule has 0 aliphatic rings. The molecule has 2 aromatic carbocycles. The second-order valence-corrected chi connectivity index (χ2v) is 4.86. The molecule has 0 fully saturated rings. The topological polar surface area (TPSA) is 38.0 Å². The molecule has 0 bridgehead atoms. The Morgan fingerprint density at radius 2 is 1.71 bits per heavy atom. The van der Waals surface area contributed by atoms with Crippen LogP contribution >= 0.6 is 11.6 Å². The van der Waals surface area contributed by atoms with Gasteiger partial charge in [0, 0.05) is 10.6 Å². The maximum Gasteiger partial charge on any atom is 0.194 e. The van der Waals surface area contributed by atoms with Crippen LogP contribution in [-0.2, 0) is 6.42 Å². The highest BCUT2D eigenvalue weighted by atomic mass is 35.5. The van der Waals surface area contributed by atoms with Gasteiger partial charge in [-0.15, -0.1) is 0 Å². The Morgan fingerprint density at radius 3 is 2.33 bits per heavy atom. The lowest BCUT2D eigenvalue weighted by Crippen LogP contribution is -2.30. The Labute approximate surface area is 123 Å². The summed E-state index contributed by atoms with van der Waals surface area (Å²) in [4.78, 5) is 0. The summed E-state index contributed by atoms with van der Waals surface area (Å²) in [5.41, 5.74) is 2.29. The Hall–Kier alpha value is -1.63. The number of hydrazine groups is 1. The van der Waals surface area contributed by atoms with Crippen LogP contribution in [0.1, 0.15) is 17.2 Å². The highest BCUT2D eigenvalue weighted by Crippen LogP contribution is 2.25. The highest BCUT2D eigenvalue weighted by molar-refractivity contribution is 6.30. The molecule has 2 nitrogen and oxygen atoms in total. The highest BCUT2D eigenvalue weighted by Gasteiger charge is 2.21. The average molecular weight is 319 g/mol. The normalized spacial score (nSPS) is 12.5. The summed E-state index contributed by atoms with van der Waals surface area (Å²) in [5.74, 6) is 0.468. The van der Waals surface area contributed by atoms with E-state index in [-0.39, 0.29) is 22.6 Å². The molecule has 0 saturated heterocycles. The lowest BCUT2D eigenvalue weighted by Gasteiger charge is -2.18. The van der Waals surface area contributed by atoms with Gasteiger partial charge in [-0.1, -0.05) is 23.7 Å². The first-order valence-electron chi connectivity index (χ1n) is 5.97. The van der Waals surface area contributed by atoms with E-state index in [1.54, 1.807) is 0 Å². The molecule has 0 amide bonds. The van der Waals surface area contributed by atoms with Crippen molar-refractivity contribution in [2.45, 2.75) is 12.5 Å². The summed E-state index contributed by atoms with van der Waals surface area (Å²) in [7, 11) is 0. The monoisotopic (exact) mass is 318 g/mol. The minimum Gasteiger partial charge on any atom is -0.271 e. The van der Waals surface area contributed by atoms with E-state index in [9.17, 15) is 17.6 Å². The Morgan fingerprint density at radius 1 is 1.00 bits per heavy atom. The van der Waals surface area contributed by atoms with Gasteiger partial charge in [0.2, 0.25) is 0 Å². The SMILES string of the molecule is NNC(Cc1ccc(Cl)cc1F)c1ccc(F)c(F)c1F. The number of hydrogen-bond acceptors (Lipinski definition) is 2. The first-order chi connectivity index (χ1) is 9.93. The number of halogens is 5. The zero-order valence-corrected chi connectivity index (χ0v) is 11.4. The van der Waals surface area contributed by atoms with E-state index < -0.39 is 29.3 Å². The van der Waals surface area contributed by atoms with Crippen LogP contribution in [0.5, 0.6) is 0 Å². The molecular weight excluding hydrogens is 308 g/mol. The molecule has 0 spiro atoms. The van der Waals surface area contributed by atoms with Crippen molar-refractivity contribution < 1.29 is 17.6 Å². The number of nitrogens with two attached hydrogens (primary N) is 1. The van der Waals surface area contributed by atoms with Gasteiger partial charge in [-0.2, -0.15) is 0 Å². The fourth-order valence-electron chi connectivity index (χ4n) is 1.98. The van der Waals surface area contributed by atoms with Crippen molar-refractivity contribution in [2.75, 3.05) is 0 Å². The van der Waals surface area contributed by atoms with E-state index in [1.165, 1.54) is 12.1 Å². The summed E-state index contributed by atoms with van der Waals surface area (Å²) in [5, 5.41) is 0.215. The third-order valence-corrected chi connectivity index (χ3v) is 3.32. The molecule has 21 heavy (non-hydrogen) atoms. The Kier molecular flexibility index (Phi) is 4.82.